The first-order valence-electron chi connectivity index (χ1n) is 3.36. The number of hydrogen-bond acceptors (Lipinski definition) is 2. The maximum atomic E-state index is 10.4. The third-order valence-corrected chi connectivity index (χ3v) is 1.50. The average molecular weight is 154 g/mol. The summed E-state index contributed by atoms with van der Waals surface area (Å²) in [5, 5.41) is 12.6. The summed E-state index contributed by atoms with van der Waals surface area (Å²) in [5.74, 6) is -0.867. The molecule has 0 spiro atoms. The fraction of sp³-hybridized carbons (Fsp3) is 0.429. The van der Waals surface area contributed by atoms with E-state index in [9.17, 15) is 4.79 Å². The third-order valence-electron chi connectivity index (χ3n) is 1.50. The Morgan fingerprint density at radius 3 is 2.82 bits per heavy atom. The summed E-state index contributed by atoms with van der Waals surface area (Å²) in [5.41, 5.74) is 0.832. The van der Waals surface area contributed by atoms with Crippen molar-refractivity contribution in [2.75, 3.05) is 0 Å². The Bertz CT molecular complexity index is 267. The number of aryl methyl sites for hydroxylation is 1. The predicted octanol–water partition coefficient (Wildman–Crippen LogP) is 0.837. The molecule has 0 fully saturated rings. The number of aliphatic carboxylic acids is 1. The zero-order chi connectivity index (χ0) is 8.43. The highest BCUT2D eigenvalue weighted by molar-refractivity contribution is 5.71. The maximum Gasteiger partial charge on any atom is 0.328 e. The van der Waals surface area contributed by atoms with Crippen LogP contribution >= 0.6 is 0 Å². The van der Waals surface area contributed by atoms with E-state index in [1.807, 2.05) is 6.92 Å². The van der Waals surface area contributed by atoms with Crippen molar-refractivity contribution in [1.82, 2.24) is 9.78 Å². The molecule has 11 heavy (non-hydrogen) atoms. The predicted molar refractivity (Wildman–Crippen MR) is 39.3 cm³/mol. The molecule has 1 atom stereocenters. The number of carbonyl (C=O) groups is 1. The van der Waals surface area contributed by atoms with Crippen LogP contribution in [0, 0.1) is 6.92 Å². The molecule has 1 N–H and O–H groups in total. The van der Waals surface area contributed by atoms with Crippen LogP contribution in [-0.2, 0) is 4.79 Å². The Balaban J connectivity index is 2.84. The minimum atomic E-state index is -0.867. The van der Waals surface area contributed by atoms with Crippen LogP contribution in [0.15, 0.2) is 12.3 Å². The molecular formula is C7H10N2O2. The molecule has 60 valence electrons. The topological polar surface area (TPSA) is 55.1 Å². The number of carboxylic acid groups (broad SMARTS) is 1. The minimum Gasteiger partial charge on any atom is -0.480 e. The average Bonchev–Trinajstić information content (AvgIpc) is 2.34. The highest BCUT2D eigenvalue weighted by Gasteiger charge is 2.12. The van der Waals surface area contributed by atoms with Crippen molar-refractivity contribution in [3.63, 3.8) is 0 Å². The molecule has 0 saturated heterocycles. The van der Waals surface area contributed by atoms with Crippen molar-refractivity contribution in [1.29, 1.82) is 0 Å². The number of aromatic nitrogens is 2. The van der Waals surface area contributed by atoms with Crippen LogP contribution in [0.1, 0.15) is 18.7 Å². The van der Waals surface area contributed by atoms with E-state index in [2.05, 4.69) is 5.10 Å². The molecule has 1 rings (SSSR count). The first-order valence-corrected chi connectivity index (χ1v) is 3.36. The summed E-state index contributed by atoms with van der Waals surface area (Å²) >= 11 is 0. The molecular weight excluding hydrogens is 144 g/mol. The zero-order valence-electron chi connectivity index (χ0n) is 6.48. The monoisotopic (exact) mass is 154 g/mol. The highest BCUT2D eigenvalue weighted by atomic mass is 16.4. The van der Waals surface area contributed by atoms with Gasteiger partial charge >= 0.3 is 5.97 Å². The van der Waals surface area contributed by atoms with Gasteiger partial charge in [0.05, 0.1) is 5.69 Å². The van der Waals surface area contributed by atoms with Gasteiger partial charge in [0, 0.05) is 6.20 Å². The van der Waals surface area contributed by atoms with E-state index in [0.717, 1.165) is 5.69 Å². The lowest BCUT2D eigenvalue weighted by Crippen LogP contribution is -2.15. The van der Waals surface area contributed by atoms with Gasteiger partial charge in [-0.05, 0) is 19.9 Å². The largest absolute Gasteiger partial charge is 0.480 e. The summed E-state index contributed by atoms with van der Waals surface area (Å²) in [6.07, 6.45) is 1.66. The quantitative estimate of drug-likeness (QED) is 0.686. The van der Waals surface area contributed by atoms with E-state index in [0.29, 0.717) is 0 Å². The molecule has 1 aromatic heterocycles. The lowest BCUT2D eigenvalue weighted by Gasteiger charge is -2.04. The molecule has 0 amide bonds. The van der Waals surface area contributed by atoms with E-state index in [1.165, 1.54) is 4.68 Å². The smallest absolute Gasteiger partial charge is 0.328 e. The Kier molecular flexibility index (Phi) is 1.94. The van der Waals surface area contributed by atoms with Crippen molar-refractivity contribution in [2.24, 2.45) is 0 Å². The molecule has 0 aliphatic heterocycles. The van der Waals surface area contributed by atoms with Crippen molar-refractivity contribution in [3.8, 4) is 0 Å². The zero-order valence-corrected chi connectivity index (χ0v) is 6.48. The molecule has 0 aliphatic carbocycles. The van der Waals surface area contributed by atoms with Gasteiger partial charge in [-0.15, -0.1) is 0 Å². The number of hydrogen-bond donors (Lipinski definition) is 1. The maximum absolute atomic E-state index is 10.4. The van der Waals surface area contributed by atoms with Gasteiger partial charge in [-0.2, -0.15) is 5.10 Å². The van der Waals surface area contributed by atoms with Gasteiger partial charge in [0.1, 0.15) is 6.04 Å². The molecule has 0 aliphatic rings. The van der Waals surface area contributed by atoms with Gasteiger partial charge in [-0.3, -0.25) is 4.68 Å². The number of carboxylic acids is 1. The van der Waals surface area contributed by atoms with E-state index >= 15 is 0 Å². The van der Waals surface area contributed by atoms with Gasteiger partial charge < -0.3 is 5.11 Å². The summed E-state index contributed by atoms with van der Waals surface area (Å²) in [6, 6.07) is 1.20. The van der Waals surface area contributed by atoms with Crippen LogP contribution in [0.2, 0.25) is 0 Å². The van der Waals surface area contributed by atoms with E-state index in [-0.39, 0.29) is 0 Å². The highest BCUT2D eigenvalue weighted by Crippen LogP contribution is 2.04. The Morgan fingerprint density at radius 1 is 1.82 bits per heavy atom. The Labute approximate surface area is 64.5 Å². The molecule has 0 bridgehead atoms. The van der Waals surface area contributed by atoms with Crippen molar-refractivity contribution in [2.45, 2.75) is 19.9 Å². The van der Waals surface area contributed by atoms with Crippen LogP contribution in [-0.4, -0.2) is 20.9 Å². The second kappa shape index (κ2) is 2.74. The van der Waals surface area contributed by atoms with E-state index < -0.39 is 12.0 Å². The molecule has 4 heteroatoms. The van der Waals surface area contributed by atoms with Crippen molar-refractivity contribution >= 4 is 5.97 Å². The minimum absolute atomic E-state index is 0.580. The summed E-state index contributed by atoms with van der Waals surface area (Å²) in [7, 11) is 0. The standard InChI is InChI=1S/C7H10N2O2/c1-5-3-4-9(8-5)6(2)7(10)11/h3-4,6H,1-2H3,(H,10,11)/t6-/m0/s1. The van der Waals surface area contributed by atoms with E-state index in [1.54, 1.807) is 19.2 Å². The van der Waals surface area contributed by atoms with E-state index in [4.69, 9.17) is 5.11 Å². The van der Waals surface area contributed by atoms with Crippen LogP contribution in [0.25, 0.3) is 0 Å². The SMILES string of the molecule is Cc1ccn([C@@H](C)C(=O)O)n1. The van der Waals surface area contributed by atoms with Crippen LogP contribution in [0.5, 0.6) is 0 Å². The van der Waals surface area contributed by atoms with Gasteiger partial charge in [0.25, 0.3) is 0 Å². The lowest BCUT2D eigenvalue weighted by atomic mass is 10.4. The molecule has 4 nitrogen and oxygen atoms in total. The fourth-order valence-electron chi connectivity index (χ4n) is 0.762. The summed E-state index contributed by atoms with van der Waals surface area (Å²) in [6.45, 7) is 3.42. The van der Waals surface area contributed by atoms with Gasteiger partial charge in [0.2, 0.25) is 0 Å². The number of nitrogens with zero attached hydrogens (tertiary/aromatic N) is 2. The Hall–Kier alpha value is -1.32. The van der Waals surface area contributed by atoms with Crippen molar-refractivity contribution in [3.05, 3.63) is 18.0 Å². The molecule has 1 aromatic rings. The summed E-state index contributed by atoms with van der Waals surface area (Å²) in [4.78, 5) is 10.4. The van der Waals surface area contributed by atoms with Gasteiger partial charge in [-0.25, -0.2) is 4.79 Å². The van der Waals surface area contributed by atoms with Gasteiger partial charge in [-0.1, -0.05) is 0 Å². The molecule has 0 unspecified atom stereocenters. The van der Waals surface area contributed by atoms with Crippen molar-refractivity contribution < 1.29 is 9.90 Å². The van der Waals surface area contributed by atoms with Gasteiger partial charge in [0.15, 0.2) is 0 Å². The summed E-state index contributed by atoms with van der Waals surface area (Å²) < 4.78 is 1.43. The van der Waals surface area contributed by atoms with Crippen LogP contribution in [0.4, 0.5) is 0 Å². The number of rotatable bonds is 2. The van der Waals surface area contributed by atoms with Crippen LogP contribution < -0.4 is 0 Å². The third kappa shape index (κ3) is 1.58. The molecule has 0 saturated carbocycles. The molecule has 0 radical (unpaired) electrons. The van der Waals surface area contributed by atoms with Crippen LogP contribution in [0.3, 0.4) is 0 Å². The fourth-order valence-corrected chi connectivity index (χ4v) is 0.762. The lowest BCUT2D eigenvalue weighted by molar-refractivity contribution is -0.140. The second-order valence-corrected chi connectivity index (χ2v) is 2.45. The normalized spacial score (nSPS) is 12.9. The second-order valence-electron chi connectivity index (χ2n) is 2.45. The Morgan fingerprint density at radius 2 is 2.45 bits per heavy atom. The molecule has 0 aromatic carbocycles. The first kappa shape index (κ1) is 7.78. The first-order chi connectivity index (χ1) is 5.11. The molecule has 1 heterocycles.